The van der Waals surface area contributed by atoms with E-state index in [4.69, 9.17) is 0 Å². The Kier molecular flexibility index (Phi) is 7.08. The lowest BCUT2D eigenvalue weighted by molar-refractivity contribution is 0.268. The van der Waals surface area contributed by atoms with Crippen LogP contribution in [0.3, 0.4) is 0 Å². The van der Waals surface area contributed by atoms with Gasteiger partial charge in [-0.25, -0.2) is 13.1 Å². The third-order valence-electron chi connectivity index (χ3n) is 3.10. The molecule has 0 radical (unpaired) electrons. The predicted molar refractivity (Wildman–Crippen MR) is 84.1 cm³/mol. The SMILES string of the molecule is CC(C)N(C)CCCCNS(=O)(=O)c1cncc(Br)c1. The monoisotopic (exact) mass is 363 g/mol. The van der Waals surface area contributed by atoms with E-state index < -0.39 is 10.0 Å². The van der Waals surface area contributed by atoms with Crippen LogP contribution in [-0.4, -0.2) is 44.5 Å². The molecule has 0 aliphatic rings. The van der Waals surface area contributed by atoms with E-state index in [0.717, 1.165) is 19.4 Å². The van der Waals surface area contributed by atoms with Gasteiger partial charge in [-0.1, -0.05) is 0 Å². The molecule has 114 valence electrons. The standard InChI is InChI=1S/C13H22BrN3O2S/c1-11(2)17(3)7-5-4-6-16-20(18,19)13-8-12(14)9-15-10-13/h8-11,16H,4-7H2,1-3H3. The van der Waals surface area contributed by atoms with Crippen LogP contribution in [0.25, 0.3) is 0 Å². The molecule has 0 aliphatic carbocycles. The lowest BCUT2D eigenvalue weighted by Gasteiger charge is -2.20. The zero-order chi connectivity index (χ0) is 15.2. The molecule has 0 saturated carbocycles. The summed E-state index contributed by atoms with van der Waals surface area (Å²) in [6.45, 7) is 5.70. The second kappa shape index (κ2) is 8.07. The van der Waals surface area contributed by atoms with Crippen molar-refractivity contribution >= 4 is 26.0 Å². The number of unbranched alkanes of at least 4 members (excludes halogenated alkanes) is 1. The first-order chi connectivity index (χ1) is 9.33. The van der Waals surface area contributed by atoms with Crippen molar-refractivity contribution in [3.05, 3.63) is 22.9 Å². The van der Waals surface area contributed by atoms with Gasteiger partial charge in [-0.2, -0.15) is 0 Å². The second-order valence-electron chi connectivity index (χ2n) is 5.02. The summed E-state index contributed by atoms with van der Waals surface area (Å²) in [5.41, 5.74) is 0. The van der Waals surface area contributed by atoms with Gasteiger partial charge in [0.25, 0.3) is 0 Å². The maximum absolute atomic E-state index is 12.0. The van der Waals surface area contributed by atoms with Crippen LogP contribution in [0, 0.1) is 0 Å². The minimum absolute atomic E-state index is 0.186. The van der Waals surface area contributed by atoms with Crippen LogP contribution in [0.15, 0.2) is 27.8 Å². The molecule has 20 heavy (non-hydrogen) atoms. The Morgan fingerprint density at radius 3 is 2.65 bits per heavy atom. The van der Waals surface area contributed by atoms with Crippen molar-refractivity contribution in [1.82, 2.24) is 14.6 Å². The van der Waals surface area contributed by atoms with Crippen molar-refractivity contribution in [2.24, 2.45) is 0 Å². The van der Waals surface area contributed by atoms with Gasteiger partial charge in [0.05, 0.1) is 0 Å². The highest BCUT2D eigenvalue weighted by atomic mass is 79.9. The van der Waals surface area contributed by atoms with Crippen molar-refractivity contribution < 1.29 is 8.42 Å². The molecule has 7 heteroatoms. The Morgan fingerprint density at radius 2 is 2.05 bits per heavy atom. The van der Waals surface area contributed by atoms with Gasteiger partial charge in [0.15, 0.2) is 0 Å². The number of halogens is 1. The summed E-state index contributed by atoms with van der Waals surface area (Å²) in [5, 5.41) is 0. The number of nitrogens with one attached hydrogen (secondary N) is 1. The lowest BCUT2D eigenvalue weighted by Crippen LogP contribution is -2.29. The summed E-state index contributed by atoms with van der Waals surface area (Å²) in [6, 6.07) is 2.06. The van der Waals surface area contributed by atoms with Crippen molar-refractivity contribution in [2.45, 2.75) is 37.6 Å². The van der Waals surface area contributed by atoms with E-state index in [1.54, 1.807) is 12.3 Å². The Bertz CT molecular complexity index is 520. The Morgan fingerprint density at radius 1 is 1.35 bits per heavy atom. The van der Waals surface area contributed by atoms with E-state index in [9.17, 15) is 8.42 Å². The number of hydrogen-bond donors (Lipinski definition) is 1. The molecule has 0 amide bonds. The minimum atomic E-state index is -3.46. The number of aromatic nitrogens is 1. The van der Waals surface area contributed by atoms with E-state index in [-0.39, 0.29) is 4.90 Å². The van der Waals surface area contributed by atoms with Crippen LogP contribution in [0.1, 0.15) is 26.7 Å². The topological polar surface area (TPSA) is 62.3 Å². The number of rotatable bonds is 8. The smallest absolute Gasteiger partial charge is 0.242 e. The number of nitrogens with zero attached hydrogens (tertiary/aromatic N) is 2. The third-order valence-corrected chi connectivity index (χ3v) is 4.96. The quantitative estimate of drug-likeness (QED) is 0.719. The zero-order valence-electron chi connectivity index (χ0n) is 12.1. The molecule has 0 unspecified atom stereocenters. The highest BCUT2D eigenvalue weighted by Gasteiger charge is 2.13. The van der Waals surface area contributed by atoms with Gasteiger partial charge < -0.3 is 4.90 Å². The maximum atomic E-state index is 12.0. The molecular formula is C13H22BrN3O2S. The lowest BCUT2D eigenvalue weighted by atomic mass is 10.2. The van der Waals surface area contributed by atoms with Crippen molar-refractivity contribution in [2.75, 3.05) is 20.1 Å². The molecule has 0 saturated heterocycles. The molecule has 0 fully saturated rings. The second-order valence-corrected chi connectivity index (χ2v) is 7.70. The van der Waals surface area contributed by atoms with Crippen LogP contribution >= 0.6 is 15.9 Å². The van der Waals surface area contributed by atoms with Crippen LogP contribution in [0.2, 0.25) is 0 Å². The van der Waals surface area contributed by atoms with Crippen LogP contribution in [0.5, 0.6) is 0 Å². The molecule has 5 nitrogen and oxygen atoms in total. The zero-order valence-corrected chi connectivity index (χ0v) is 14.5. The first kappa shape index (κ1) is 17.6. The first-order valence-corrected chi connectivity index (χ1v) is 8.91. The molecule has 1 aromatic rings. The van der Waals surface area contributed by atoms with Crippen molar-refractivity contribution in [3.8, 4) is 0 Å². The Balaban J connectivity index is 2.38. The minimum Gasteiger partial charge on any atom is -0.304 e. The largest absolute Gasteiger partial charge is 0.304 e. The van der Waals surface area contributed by atoms with Gasteiger partial charge in [0, 0.05) is 29.5 Å². The molecule has 1 aromatic heterocycles. The summed E-state index contributed by atoms with van der Waals surface area (Å²) < 4.78 is 27.3. The average molecular weight is 364 g/mol. The molecule has 0 aromatic carbocycles. The van der Waals surface area contributed by atoms with Crippen LogP contribution in [-0.2, 0) is 10.0 Å². The fraction of sp³-hybridized carbons (Fsp3) is 0.615. The van der Waals surface area contributed by atoms with Crippen LogP contribution < -0.4 is 4.72 Å². The third kappa shape index (κ3) is 5.87. The van der Waals surface area contributed by atoms with Crippen molar-refractivity contribution in [1.29, 1.82) is 0 Å². The Hall–Kier alpha value is -0.500. The number of sulfonamides is 1. The van der Waals surface area contributed by atoms with E-state index in [1.807, 2.05) is 0 Å². The van der Waals surface area contributed by atoms with Gasteiger partial charge >= 0.3 is 0 Å². The maximum Gasteiger partial charge on any atom is 0.242 e. The van der Waals surface area contributed by atoms with Gasteiger partial charge in [-0.3, -0.25) is 4.98 Å². The van der Waals surface area contributed by atoms with Gasteiger partial charge in [-0.15, -0.1) is 0 Å². The molecule has 0 spiro atoms. The van der Waals surface area contributed by atoms with E-state index in [1.165, 1.54) is 6.20 Å². The molecular weight excluding hydrogens is 342 g/mol. The van der Waals surface area contributed by atoms with Gasteiger partial charge in [0.2, 0.25) is 10.0 Å². The predicted octanol–water partition coefficient (Wildman–Crippen LogP) is 2.24. The van der Waals surface area contributed by atoms with Crippen LogP contribution in [0.4, 0.5) is 0 Å². The number of hydrogen-bond acceptors (Lipinski definition) is 4. The molecule has 1 N–H and O–H groups in total. The molecule has 0 aliphatic heterocycles. The van der Waals surface area contributed by atoms with E-state index in [2.05, 4.69) is 51.4 Å². The Labute approximate surface area is 130 Å². The summed E-state index contributed by atoms with van der Waals surface area (Å²) in [6.07, 6.45) is 4.69. The molecule has 1 rings (SSSR count). The average Bonchev–Trinajstić information content (AvgIpc) is 2.37. The van der Waals surface area contributed by atoms with Gasteiger partial charge in [-0.05, 0) is 62.3 Å². The van der Waals surface area contributed by atoms with Gasteiger partial charge in [0.1, 0.15) is 4.90 Å². The van der Waals surface area contributed by atoms with E-state index >= 15 is 0 Å². The normalized spacial score (nSPS) is 12.3. The summed E-state index contributed by atoms with van der Waals surface area (Å²) in [7, 11) is -1.38. The molecule has 0 bridgehead atoms. The fourth-order valence-corrected chi connectivity index (χ4v) is 3.15. The highest BCUT2D eigenvalue weighted by molar-refractivity contribution is 9.10. The van der Waals surface area contributed by atoms with E-state index in [0.29, 0.717) is 17.1 Å². The summed E-state index contributed by atoms with van der Waals surface area (Å²) >= 11 is 3.22. The van der Waals surface area contributed by atoms with Crippen molar-refractivity contribution in [3.63, 3.8) is 0 Å². The molecule has 0 atom stereocenters. The number of pyridine rings is 1. The summed E-state index contributed by atoms with van der Waals surface area (Å²) in [4.78, 5) is 6.29. The highest BCUT2D eigenvalue weighted by Crippen LogP contribution is 2.13. The summed E-state index contributed by atoms with van der Waals surface area (Å²) in [5.74, 6) is 0. The first-order valence-electron chi connectivity index (χ1n) is 6.63. The fourth-order valence-electron chi connectivity index (χ4n) is 1.57. The molecule has 1 heterocycles.